The van der Waals surface area contributed by atoms with Crippen LogP contribution in [-0.4, -0.2) is 23.0 Å². The predicted molar refractivity (Wildman–Crippen MR) is 80.1 cm³/mol. The van der Waals surface area contributed by atoms with Gasteiger partial charge >= 0.3 is 0 Å². The summed E-state index contributed by atoms with van der Waals surface area (Å²) in [5.41, 5.74) is 7.17. The zero-order valence-corrected chi connectivity index (χ0v) is 12.7. The van der Waals surface area contributed by atoms with Crippen molar-refractivity contribution in [3.8, 4) is 5.75 Å². The Labute approximate surface area is 124 Å². The second-order valence-electron chi connectivity index (χ2n) is 3.81. The van der Waals surface area contributed by atoms with Gasteiger partial charge < -0.3 is 10.5 Å². The first-order valence-electron chi connectivity index (χ1n) is 5.40. The Morgan fingerprint density at radius 2 is 2.26 bits per heavy atom. The molecule has 0 amide bonds. The van der Waals surface area contributed by atoms with E-state index in [1.165, 1.54) is 4.68 Å². The number of anilines is 1. The molecule has 1 aromatic carbocycles. The van der Waals surface area contributed by atoms with E-state index in [4.69, 9.17) is 22.1 Å². The van der Waals surface area contributed by atoms with E-state index in [2.05, 4.69) is 26.0 Å². The third kappa shape index (κ3) is 2.90. The lowest BCUT2D eigenvalue weighted by Gasteiger charge is -2.08. The van der Waals surface area contributed by atoms with Crippen LogP contribution in [0, 0.1) is 6.92 Å². The largest absolute Gasteiger partial charge is 0.495 e. The summed E-state index contributed by atoms with van der Waals surface area (Å²) in [6.07, 6.45) is 3.31. The predicted octanol–water partition coefficient (Wildman–Crippen LogP) is 3.08. The highest BCUT2D eigenvalue weighted by molar-refractivity contribution is 9.10. The number of imidazole rings is 1. The minimum atomic E-state index is 0.318. The number of aryl methyl sites for hydroxylation is 1. The number of ether oxygens (including phenoxy) is 1. The Bertz CT molecular complexity index is 639. The SMILES string of the molecule is COc1c(Br)ccc(Cl)c1C=Nn1cc(C)nc1N. The molecule has 0 aliphatic heterocycles. The van der Waals surface area contributed by atoms with E-state index in [0.717, 1.165) is 10.2 Å². The van der Waals surface area contributed by atoms with Crippen LogP contribution >= 0.6 is 27.5 Å². The molecule has 2 N–H and O–H groups in total. The molecular weight excluding hydrogens is 332 g/mol. The fourth-order valence-corrected chi connectivity index (χ4v) is 2.30. The zero-order valence-electron chi connectivity index (χ0n) is 10.4. The van der Waals surface area contributed by atoms with E-state index in [9.17, 15) is 0 Å². The molecule has 0 spiro atoms. The Balaban J connectivity index is 2.43. The normalized spacial score (nSPS) is 11.2. The van der Waals surface area contributed by atoms with Crippen molar-refractivity contribution in [2.45, 2.75) is 6.92 Å². The molecule has 2 aromatic rings. The van der Waals surface area contributed by atoms with Crippen molar-refractivity contribution in [2.24, 2.45) is 5.10 Å². The van der Waals surface area contributed by atoms with Crippen molar-refractivity contribution in [1.82, 2.24) is 9.66 Å². The maximum atomic E-state index is 6.14. The van der Waals surface area contributed by atoms with Gasteiger partial charge in [-0.1, -0.05) is 11.6 Å². The van der Waals surface area contributed by atoms with Gasteiger partial charge in [0.2, 0.25) is 5.95 Å². The van der Waals surface area contributed by atoms with Crippen molar-refractivity contribution >= 4 is 39.7 Å². The van der Waals surface area contributed by atoms with Crippen LogP contribution in [0.1, 0.15) is 11.3 Å². The summed E-state index contributed by atoms with van der Waals surface area (Å²) in [5, 5.41) is 4.77. The fraction of sp³-hybridized carbons (Fsp3) is 0.167. The summed E-state index contributed by atoms with van der Waals surface area (Å²) < 4.78 is 7.58. The van der Waals surface area contributed by atoms with Gasteiger partial charge in [-0.15, -0.1) is 0 Å². The average Bonchev–Trinajstić information content (AvgIpc) is 2.68. The highest BCUT2D eigenvalue weighted by Gasteiger charge is 2.10. The molecule has 0 bridgehead atoms. The lowest BCUT2D eigenvalue weighted by atomic mass is 10.2. The molecular formula is C12H12BrClN4O. The zero-order chi connectivity index (χ0) is 14.0. The first kappa shape index (κ1) is 13.9. The van der Waals surface area contributed by atoms with Crippen molar-refractivity contribution < 1.29 is 4.74 Å². The molecule has 1 aromatic heterocycles. The van der Waals surface area contributed by atoms with Crippen molar-refractivity contribution in [1.29, 1.82) is 0 Å². The molecule has 100 valence electrons. The lowest BCUT2D eigenvalue weighted by molar-refractivity contribution is 0.411. The van der Waals surface area contributed by atoms with Crippen molar-refractivity contribution in [3.63, 3.8) is 0 Å². The van der Waals surface area contributed by atoms with Gasteiger partial charge in [0.05, 0.1) is 40.3 Å². The number of nitrogens with zero attached hydrogens (tertiary/aromatic N) is 3. The Morgan fingerprint density at radius 3 is 2.84 bits per heavy atom. The highest BCUT2D eigenvalue weighted by Crippen LogP contribution is 2.32. The van der Waals surface area contributed by atoms with Gasteiger partial charge in [-0.3, -0.25) is 0 Å². The molecule has 0 aliphatic rings. The Morgan fingerprint density at radius 1 is 1.53 bits per heavy atom. The molecule has 0 saturated carbocycles. The molecule has 19 heavy (non-hydrogen) atoms. The first-order valence-corrected chi connectivity index (χ1v) is 6.58. The van der Waals surface area contributed by atoms with E-state index >= 15 is 0 Å². The quantitative estimate of drug-likeness (QED) is 0.871. The summed E-state index contributed by atoms with van der Waals surface area (Å²) in [5.74, 6) is 0.936. The number of nitrogen functional groups attached to an aromatic ring is 1. The van der Waals surface area contributed by atoms with Gasteiger partial charge in [-0.05, 0) is 35.0 Å². The monoisotopic (exact) mass is 342 g/mol. The minimum absolute atomic E-state index is 0.318. The van der Waals surface area contributed by atoms with Gasteiger partial charge in [0.15, 0.2) is 0 Å². The topological polar surface area (TPSA) is 65.4 Å². The van der Waals surface area contributed by atoms with Crippen molar-refractivity contribution in [2.75, 3.05) is 12.8 Å². The number of halogens is 2. The third-order valence-electron chi connectivity index (χ3n) is 2.44. The van der Waals surface area contributed by atoms with Crippen LogP contribution in [-0.2, 0) is 0 Å². The summed E-state index contributed by atoms with van der Waals surface area (Å²) in [7, 11) is 1.57. The number of rotatable bonds is 3. The molecule has 5 nitrogen and oxygen atoms in total. The van der Waals surface area contributed by atoms with Gasteiger partial charge in [-0.2, -0.15) is 5.10 Å². The van der Waals surface area contributed by atoms with Crippen LogP contribution in [0.25, 0.3) is 0 Å². The second kappa shape index (κ2) is 5.63. The van der Waals surface area contributed by atoms with E-state index in [1.807, 2.05) is 13.0 Å². The lowest BCUT2D eigenvalue weighted by Crippen LogP contribution is -1.99. The summed E-state index contributed by atoms with van der Waals surface area (Å²) in [6.45, 7) is 1.84. The highest BCUT2D eigenvalue weighted by atomic mass is 79.9. The summed E-state index contributed by atoms with van der Waals surface area (Å²) in [6, 6.07) is 3.58. The minimum Gasteiger partial charge on any atom is -0.495 e. The smallest absolute Gasteiger partial charge is 0.221 e. The molecule has 2 rings (SSSR count). The number of methoxy groups -OCH3 is 1. The second-order valence-corrected chi connectivity index (χ2v) is 5.07. The first-order chi connectivity index (χ1) is 9.02. The fourth-order valence-electron chi connectivity index (χ4n) is 1.59. The van der Waals surface area contributed by atoms with E-state index in [-0.39, 0.29) is 0 Å². The molecule has 0 aliphatic carbocycles. The Hall–Kier alpha value is -1.53. The number of hydrogen-bond donors (Lipinski definition) is 1. The van der Waals surface area contributed by atoms with Crippen LogP contribution < -0.4 is 10.5 Å². The van der Waals surface area contributed by atoms with Crippen LogP contribution in [0.15, 0.2) is 27.9 Å². The standard InChI is InChI=1S/C12H12BrClN4O/c1-7-6-18(12(15)17-7)16-5-8-10(14)4-3-9(13)11(8)19-2/h3-6H,1-2H3,(H2,15,17). The van der Waals surface area contributed by atoms with Gasteiger partial charge in [0.25, 0.3) is 0 Å². The van der Waals surface area contributed by atoms with Gasteiger partial charge in [0.1, 0.15) is 5.75 Å². The molecule has 0 radical (unpaired) electrons. The number of benzene rings is 1. The molecule has 0 atom stereocenters. The van der Waals surface area contributed by atoms with Crippen molar-refractivity contribution in [3.05, 3.63) is 39.1 Å². The number of aromatic nitrogens is 2. The molecule has 0 unspecified atom stereocenters. The maximum Gasteiger partial charge on any atom is 0.221 e. The van der Waals surface area contributed by atoms with Crippen LogP contribution in [0.4, 0.5) is 5.95 Å². The van der Waals surface area contributed by atoms with Crippen LogP contribution in [0.3, 0.4) is 0 Å². The van der Waals surface area contributed by atoms with Gasteiger partial charge in [-0.25, -0.2) is 9.66 Å². The average molecular weight is 344 g/mol. The number of hydrogen-bond acceptors (Lipinski definition) is 4. The van der Waals surface area contributed by atoms with E-state index in [1.54, 1.807) is 25.6 Å². The summed E-state index contributed by atoms with van der Waals surface area (Å²) in [4.78, 5) is 4.06. The molecule has 0 fully saturated rings. The summed E-state index contributed by atoms with van der Waals surface area (Å²) >= 11 is 9.54. The Kier molecular flexibility index (Phi) is 4.11. The van der Waals surface area contributed by atoms with E-state index < -0.39 is 0 Å². The maximum absolute atomic E-state index is 6.14. The molecule has 1 heterocycles. The number of nitrogens with two attached hydrogens (primary N) is 1. The molecule has 0 saturated heterocycles. The van der Waals surface area contributed by atoms with Gasteiger partial charge in [0, 0.05) is 0 Å². The van der Waals surface area contributed by atoms with E-state index in [0.29, 0.717) is 22.3 Å². The third-order valence-corrected chi connectivity index (χ3v) is 3.40. The van der Waals surface area contributed by atoms with Crippen LogP contribution in [0.2, 0.25) is 5.02 Å². The molecule has 7 heteroatoms. The van der Waals surface area contributed by atoms with Crippen LogP contribution in [0.5, 0.6) is 5.75 Å².